The van der Waals surface area contributed by atoms with Crippen molar-refractivity contribution in [1.82, 2.24) is 0 Å². The van der Waals surface area contributed by atoms with Crippen LogP contribution in [0.25, 0.3) is 0 Å². The number of hydrogen-bond donors (Lipinski definition) is 1. The van der Waals surface area contributed by atoms with E-state index in [-0.39, 0.29) is 5.78 Å². The van der Waals surface area contributed by atoms with Gasteiger partial charge >= 0.3 is 0 Å². The quantitative estimate of drug-likeness (QED) is 0.640. The molecule has 0 aliphatic rings. The molecule has 16 heavy (non-hydrogen) atoms. The number of allylic oxidation sites excluding steroid dienone is 2. The van der Waals surface area contributed by atoms with E-state index in [4.69, 9.17) is 5.26 Å². The minimum Gasteiger partial charge on any atom is -0.358 e. The van der Waals surface area contributed by atoms with Crippen LogP contribution in [-0.2, 0) is 4.79 Å². The van der Waals surface area contributed by atoms with Crippen LogP contribution in [0.4, 0.5) is 5.69 Å². The molecule has 0 aliphatic carbocycles. The fourth-order valence-corrected chi connectivity index (χ4v) is 1.69. The van der Waals surface area contributed by atoms with Gasteiger partial charge in [-0.1, -0.05) is 18.2 Å². The van der Waals surface area contributed by atoms with Gasteiger partial charge in [-0.2, -0.15) is 5.26 Å². The largest absolute Gasteiger partial charge is 0.358 e. The molecule has 0 amide bonds. The SMILES string of the molecule is CC(=O)/C(SC#N)=C(/C)Nc1ccccc1. The number of ketones is 1. The van der Waals surface area contributed by atoms with Gasteiger partial charge < -0.3 is 5.32 Å². The Morgan fingerprint density at radius 2 is 1.94 bits per heavy atom. The number of hydrogen-bond acceptors (Lipinski definition) is 4. The van der Waals surface area contributed by atoms with Gasteiger partial charge in [0.25, 0.3) is 0 Å². The van der Waals surface area contributed by atoms with Crippen LogP contribution in [0.5, 0.6) is 0 Å². The van der Waals surface area contributed by atoms with E-state index in [0.29, 0.717) is 10.6 Å². The summed E-state index contributed by atoms with van der Waals surface area (Å²) in [6.07, 6.45) is 0. The number of nitrogens with one attached hydrogen (secondary N) is 1. The number of carbonyl (C=O) groups is 1. The summed E-state index contributed by atoms with van der Waals surface area (Å²) in [7, 11) is 0. The predicted molar refractivity (Wildman–Crippen MR) is 66.6 cm³/mol. The van der Waals surface area contributed by atoms with Gasteiger partial charge in [-0.25, -0.2) is 0 Å². The molecule has 0 heterocycles. The van der Waals surface area contributed by atoms with E-state index >= 15 is 0 Å². The molecule has 0 aromatic heterocycles. The zero-order chi connectivity index (χ0) is 12.0. The molecule has 0 bridgehead atoms. The number of thioether (sulfide) groups is 1. The van der Waals surface area contributed by atoms with E-state index in [1.54, 1.807) is 6.92 Å². The van der Waals surface area contributed by atoms with Gasteiger partial charge in [0.2, 0.25) is 0 Å². The first-order chi connectivity index (χ1) is 7.65. The number of carbonyl (C=O) groups excluding carboxylic acids is 1. The van der Waals surface area contributed by atoms with E-state index in [1.165, 1.54) is 6.92 Å². The van der Waals surface area contributed by atoms with Gasteiger partial charge in [-0.15, -0.1) is 0 Å². The summed E-state index contributed by atoms with van der Waals surface area (Å²) in [6, 6.07) is 9.53. The number of thiocyanates is 1. The molecular formula is C12H12N2OS. The summed E-state index contributed by atoms with van der Waals surface area (Å²) in [5.41, 5.74) is 1.60. The number of anilines is 1. The second kappa shape index (κ2) is 5.99. The fourth-order valence-electron chi connectivity index (χ4n) is 1.25. The maximum absolute atomic E-state index is 11.3. The first-order valence-electron chi connectivity index (χ1n) is 4.75. The Morgan fingerprint density at radius 1 is 1.31 bits per heavy atom. The Kier molecular flexibility index (Phi) is 4.62. The number of Topliss-reactive ketones (excluding diaryl/α,β-unsaturated/α-hetero) is 1. The van der Waals surface area contributed by atoms with Crippen LogP contribution in [-0.4, -0.2) is 5.78 Å². The van der Waals surface area contributed by atoms with Gasteiger partial charge in [-0.05, 0) is 37.7 Å². The number of nitriles is 1. The number of nitrogens with zero attached hydrogens (tertiary/aromatic N) is 1. The summed E-state index contributed by atoms with van der Waals surface area (Å²) < 4.78 is 0. The number of para-hydroxylation sites is 1. The molecule has 0 fully saturated rings. The average molecular weight is 232 g/mol. The highest BCUT2D eigenvalue weighted by molar-refractivity contribution is 8.08. The summed E-state index contributed by atoms with van der Waals surface area (Å²) >= 11 is 0.885. The molecule has 0 unspecified atom stereocenters. The van der Waals surface area contributed by atoms with E-state index in [2.05, 4.69) is 5.32 Å². The first kappa shape index (κ1) is 12.3. The average Bonchev–Trinajstić information content (AvgIpc) is 2.26. The first-order valence-corrected chi connectivity index (χ1v) is 5.56. The number of benzene rings is 1. The Morgan fingerprint density at radius 3 is 2.44 bits per heavy atom. The molecule has 0 radical (unpaired) electrons. The molecule has 0 aliphatic heterocycles. The molecule has 4 heteroatoms. The monoisotopic (exact) mass is 232 g/mol. The maximum Gasteiger partial charge on any atom is 0.168 e. The Labute approximate surface area is 99.2 Å². The van der Waals surface area contributed by atoms with Gasteiger partial charge in [0, 0.05) is 11.4 Å². The van der Waals surface area contributed by atoms with Crippen LogP contribution in [0.1, 0.15) is 13.8 Å². The molecule has 0 saturated carbocycles. The van der Waals surface area contributed by atoms with Crippen LogP contribution in [0, 0.1) is 10.7 Å². The second-order valence-corrected chi connectivity index (χ2v) is 3.99. The fraction of sp³-hybridized carbons (Fsp3) is 0.167. The lowest BCUT2D eigenvalue weighted by Gasteiger charge is -2.09. The predicted octanol–water partition coefficient (Wildman–Crippen LogP) is 3.13. The van der Waals surface area contributed by atoms with Crippen molar-refractivity contribution < 1.29 is 4.79 Å². The standard InChI is InChI=1S/C12H12N2OS/c1-9(12(10(2)15)16-8-13)14-11-6-4-3-5-7-11/h3-7,14H,1-2H3/b12-9+. The van der Waals surface area contributed by atoms with Crippen LogP contribution >= 0.6 is 11.8 Å². The van der Waals surface area contributed by atoms with E-state index in [9.17, 15) is 4.79 Å². The molecule has 1 aromatic rings. The van der Waals surface area contributed by atoms with Crippen LogP contribution in [0.2, 0.25) is 0 Å². The highest BCUT2D eigenvalue weighted by Gasteiger charge is 2.09. The molecule has 1 N–H and O–H groups in total. The molecule has 1 aromatic carbocycles. The lowest BCUT2D eigenvalue weighted by atomic mass is 10.3. The van der Waals surface area contributed by atoms with E-state index in [0.717, 1.165) is 17.4 Å². The maximum atomic E-state index is 11.3. The Hall–Kier alpha value is -1.73. The molecule has 3 nitrogen and oxygen atoms in total. The number of rotatable bonds is 4. The minimum absolute atomic E-state index is 0.104. The minimum atomic E-state index is -0.104. The van der Waals surface area contributed by atoms with E-state index < -0.39 is 0 Å². The summed E-state index contributed by atoms with van der Waals surface area (Å²) in [6.45, 7) is 3.24. The van der Waals surface area contributed by atoms with Crippen molar-refractivity contribution in [3.05, 3.63) is 40.9 Å². The smallest absolute Gasteiger partial charge is 0.168 e. The molecule has 0 atom stereocenters. The summed E-state index contributed by atoms with van der Waals surface area (Å²) in [4.78, 5) is 11.7. The Bertz CT molecular complexity index is 446. The summed E-state index contributed by atoms with van der Waals surface area (Å²) in [5.74, 6) is -0.104. The summed E-state index contributed by atoms with van der Waals surface area (Å²) in [5, 5.41) is 13.6. The molecular weight excluding hydrogens is 220 g/mol. The second-order valence-electron chi connectivity index (χ2n) is 3.19. The zero-order valence-corrected chi connectivity index (χ0v) is 9.97. The van der Waals surface area contributed by atoms with Crippen molar-refractivity contribution in [3.8, 4) is 5.40 Å². The lowest BCUT2D eigenvalue weighted by Crippen LogP contribution is -2.03. The van der Waals surface area contributed by atoms with Crippen molar-refractivity contribution in [2.24, 2.45) is 0 Å². The van der Waals surface area contributed by atoms with Crippen molar-refractivity contribution in [1.29, 1.82) is 5.26 Å². The van der Waals surface area contributed by atoms with Crippen LogP contribution in [0.3, 0.4) is 0 Å². The third-order valence-corrected chi connectivity index (χ3v) is 2.80. The third-order valence-electron chi connectivity index (χ3n) is 1.91. The van der Waals surface area contributed by atoms with Gasteiger partial charge in [0.05, 0.1) is 4.91 Å². The lowest BCUT2D eigenvalue weighted by molar-refractivity contribution is -0.113. The molecule has 1 rings (SSSR count). The van der Waals surface area contributed by atoms with Gasteiger partial charge in [-0.3, -0.25) is 4.79 Å². The normalized spacial score (nSPS) is 11.3. The van der Waals surface area contributed by atoms with Crippen molar-refractivity contribution in [2.45, 2.75) is 13.8 Å². The topological polar surface area (TPSA) is 52.9 Å². The van der Waals surface area contributed by atoms with Crippen molar-refractivity contribution in [3.63, 3.8) is 0 Å². The third kappa shape index (κ3) is 3.44. The molecule has 0 spiro atoms. The Balaban J connectivity index is 2.90. The van der Waals surface area contributed by atoms with Crippen molar-refractivity contribution >= 4 is 23.2 Å². The van der Waals surface area contributed by atoms with Gasteiger partial charge in [0.15, 0.2) is 5.78 Å². The van der Waals surface area contributed by atoms with E-state index in [1.807, 2.05) is 35.7 Å². The highest BCUT2D eigenvalue weighted by atomic mass is 32.2. The van der Waals surface area contributed by atoms with Crippen molar-refractivity contribution in [2.75, 3.05) is 5.32 Å². The highest BCUT2D eigenvalue weighted by Crippen LogP contribution is 2.21. The van der Waals surface area contributed by atoms with Crippen LogP contribution < -0.4 is 5.32 Å². The molecule has 82 valence electrons. The molecule has 0 saturated heterocycles. The van der Waals surface area contributed by atoms with Crippen LogP contribution in [0.15, 0.2) is 40.9 Å². The zero-order valence-electron chi connectivity index (χ0n) is 9.15. The van der Waals surface area contributed by atoms with Gasteiger partial charge in [0.1, 0.15) is 5.40 Å².